The maximum absolute atomic E-state index is 11.9. The Morgan fingerprint density at radius 2 is 1.88 bits per heavy atom. The minimum Gasteiger partial charge on any atom is -0.386 e. The first-order chi connectivity index (χ1) is 7.26. The molecule has 94 valence electrons. The van der Waals surface area contributed by atoms with Gasteiger partial charge in [-0.15, -0.1) is 0 Å². The fraction of sp³-hybridized carbons (Fsp3) is 0.917. The van der Waals surface area contributed by atoms with Gasteiger partial charge in [0.1, 0.15) is 5.60 Å². The van der Waals surface area contributed by atoms with Crippen LogP contribution in [0.3, 0.4) is 0 Å². The standard InChI is InChI=1S/C12H24N2O2/c1-8(2)5-10(13)11(15)14-6-12(16,7-14)9(3)4/h8-10,16H,5-7,13H2,1-4H3/t10-/m0/s1. The molecule has 4 heteroatoms. The van der Waals surface area contributed by atoms with Crippen LogP contribution in [-0.4, -0.2) is 40.6 Å². The Kier molecular flexibility index (Phi) is 3.97. The zero-order chi connectivity index (χ0) is 12.5. The molecule has 1 aliphatic heterocycles. The summed E-state index contributed by atoms with van der Waals surface area (Å²) < 4.78 is 0. The molecular weight excluding hydrogens is 204 g/mol. The van der Waals surface area contributed by atoms with E-state index in [0.29, 0.717) is 25.4 Å². The number of likely N-dealkylation sites (tertiary alicyclic amines) is 1. The zero-order valence-corrected chi connectivity index (χ0v) is 10.7. The molecule has 0 bridgehead atoms. The summed E-state index contributed by atoms with van der Waals surface area (Å²) in [7, 11) is 0. The summed E-state index contributed by atoms with van der Waals surface area (Å²) in [6.45, 7) is 8.89. The first-order valence-corrected chi connectivity index (χ1v) is 6.03. The molecule has 1 heterocycles. The second-order valence-corrected chi connectivity index (χ2v) is 5.69. The van der Waals surface area contributed by atoms with Crippen molar-refractivity contribution in [2.75, 3.05) is 13.1 Å². The lowest BCUT2D eigenvalue weighted by atomic mass is 9.82. The van der Waals surface area contributed by atoms with Crippen LogP contribution in [0.1, 0.15) is 34.1 Å². The summed E-state index contributed by atoms with van der Waals surface area (Å²) in [5, 5.41) is 10.0. The van der Waals surface area contributed by atoms with Gasteiger partial charge in [-0.2, -0.15) is 0 Å². The highest BCUT2D eigenvalue weighted by atomic mass is 16.3. The third-order valence-electron chi connectivity index (χ3n) is 3.36. The highest BCUT2D eigenvalue weighted by Gasteiger charge is 2.46. The van der Waals surface area contributed by atoms with Crippen LogP contribution in [0.25, 0.3) is 0 Å². The quantitative estimate of drug-likeness (QED) is 0.740. The minimum absolute atomic E-state index is 0.0287. The molecule has 0 saturated carbocycles. The Balaban J connectivity index is 2.43. The van der Waals surface area contributed by atoms with Crippen molar-refractivity contribution in [3.05, 3.63) is 0 Å². The predicted molar refractivity (Wildman–Crippen MR) is 63.8 cm³/mol. The van der Waals surface area contributed by atoms with Crippen LogP contribution in [0.4, 0.5) is 0 Å². The summed E-state index contributed by atoms with van der Waals surface area (Å²) in [5.41, 5.74) is 5.12. The molecule has 0 aromatic carbocycles. The highest BCUT2D eigenvalue weighted by molar-refractivity contribution is 5.82. The number of amides is 1. The van der Waals surface area contributed by atoms with Crippen LogP contribution < -0.4 is 5.73 Å². The second-order valence-electron chi connectivity index (χ2n) is 5.69. The lowest BCUT2D eigenvalue weighted by Gasteiger charge is -2.49. The van der Waals surface area contributed by atoms with Gasteiger partial charge in [-0.1, -0.05) is 27.7 Å². The van der Waals surface area contributed by atoms with Gasteiger partial charge in [0.05, 0.1) is 19.1 Å². The summed E-state index contributed by atoms with van der Waals surface area (Å²) in [4.78, 5) is 13.5. The van der Waals surface area contributed by atoms with Gasteiger partial charge in [0.15, 0.2) is 0 Å². The molecule has 16 heavy (non-hydrogen) atoms. The van der Waals surface area contributed by atoms with E-state index in [9.17, 15) is 9.90 Å². The molecule has 0 aliphatic carbocycles. The van der Waals surface area contributed by atoms with Crippen LogP contribution in [0, 0.1) is 11.8 Å². The lowest BCUT2D eigenvalue weighted by Crippen LogP contribution is -2.68. The topological polar surface area (TPSA) is 66.6 Å². The van der Waals surface area contributed by atoms with Crippen molar-refractivity contribution in [3.63, 3.8) is 0 Å². The van der Waals surface area contributed by atoms with E-state index in [2.05, 4.69) is 0 Å². The molecule has 1 atom stereocenters. The van der Waals surface area contributed by atoms with Gasteiger partial charge < -0.3 is 15.7 Å². The average Bonchev–Trinajstić information content (AvgIpc) is 2.10. The van der Waals surface area contributed by atoms with Crippen molar-refractivity contribution in [1.82, 2.24) is 4.90 Å². The molecule has 0 aromatic heterocycles. The monoisotopic (exact) mass is 228 g/mol. The number of carbonyl (C=O) groups is 1. The van der Waals surface area contributed by atoms with E-state index in [0.717, 1.165) is 0 Å². The van der Waals surface area contributed by atoms with E-state index < -0.39 is 11.6 Å². The van der Waals surface area contributed by atoms with Gasteiger partial charge in [-0.3, -0.25) is 4.79 Å². The van der Waals surface area contributed by atoms with E-state index in [1.807, 2.05) is 27.7 Å². The Labute approximate surface area is 97.8 Å². The van der Waals surface area contributed by atoms with Crippen molar-refractivity contribution in [1.29, 1.82) is 0 Å². The van der Waals surface area contributed by atoms with Gasteiger partial charge in [0.2, 0.25) is 5.91 Å². The third-order valence-corrected chi connectivity index (χ3v) is 3.36. The van der Waals surface area contributed by atoms with E-state index in [4.69, 9.17) is 5.73 Å². The molecule has 1 aliphatic rings. The SMILES string of the molecule is CC(C)C[C@H](N)C(=O)N1CC(O)(C(C)C)C1. The number of aliphatic hydroxyl groups is 1. The van der Waals surface area contributed by atoms with Crippen LogP contribution in [0.5, 0.6) is 0 Å². The molecule has 1 rings (SSSR count). The average molecular weight is 228 g/mol. The van der Waals surface area contributed by atoms with Crippen molar-refractivity contribution >= 4 is 5.91 Å². The normalized spacial score (nSPS) is 21.1. The summed E-state index contributed by atoms with van der Waals surface area (Å²) in [6.07, 6.45) is 0.704. The number of β-amino-alcohol motifs (C(OH)–C–C–N with tert-alkyl or cyclic N) is 1. The zero-order valence-electron chi connectivity index (χ0n) is 10.7. The fourth-order valence-corrected chi connectivity index (χ4v) is 1.98. The first-order valence-electron chi connectivity index (χ1n) is 6.03. The number of hydrogen-bond acceptors (Lipinski definition) is 3. The lowest BCUT2D eigenvalue weighted by molar-refractivity contribution is -0.165. The minimum atomic E-state index is -0.701. The smallest absolute Gasteiger partial charge is 0.239 e. The van der Waals surface area contributed by atoms with Gasteiger partial charge in [-0.05, 0) is 18.3 Å². The van der Waals surface area contributed by atoms with Crippen LogP contribution in [0.2, 0.25) is 0 Å². The second kappa shape index (κ2) is 4.72. The maximum atomic E-state index is 11.9. The number of hydrogen-bond donors (Lipinski definition) is 2. The molecular formula is C12H24N2O2. The third kappa shape index (κ3) is 2.74. The molecule has 4 nitrogen and oxygen atoms in total. The molecule has 0 aromatic rings. The van der Waals surface area contributed by atoms with Crippen molar-refractivity contribution in [2.24, 2.45) is 17.6 Å². The number of nitrogens with two attached hydrogens (primary N) is 1. The predicted octanol–water partition coefficient (Wildman–Crippen LogP) is 0.589. The highest BCUT2D eigenvalue weighted by Crippen LogP contribution is 2.29. The molecule has 1 saturated heterocycles. The van der Waals surface area contributed by atoms with E-state index in [1.54, 1.807) is 4.90 Å². The Morgan fingerprint density at radius 1 is 1.38 bits per heavy atom. The number of carbonyl (C=O) groups excluding carboxylic acids is 1. The number of rotatable bonds is 4. The molecule has 0 radical (unpaired) electrons. The summed E-state index contributed by atoms with van der Waals surface area (Å²) in [6, 6.07) is -0.420. The Hall–Kier alpha value is -0.610. The summed E-state index contributed by atoms with van der Waals surface area (Å²) >= 11 is 0. The fourth-order valence-electron chi connectivity index (χ4n) is 1.98. The van der Waals surface area contributed by atoms with Crippen molar-refractivity contribution < 1.29 is 9.90 Å². The van der Waals surface area contributed by atoms with E-state index in [-0.39, 0.29) is 11.8 Å². The molecule has 0 spiro atoms. The van der Waals surface area contributed by atoms with Gasteiger partial charge in [-0.25, -0.2) is 0 Å². The summed E-state index contributed by atoms with van der Waals surface area (Å²) in [5.74, 6) is 0.570. The van der Waals surface area contributed by atoms with E-state index in [1.165, 1.54) is 0 Å². The Bertz CT molecular complexity index is 258. The maximum Gasteiger partial charge on any atom is 0.239 e. The van der Waals surface area contributed by atoms with E-state index >= 15 is 0 Å². The largest absolute Gasteiger partial charge is 0.386 e. The number of nitrogens with zero attached hydrogens (tertiary/aromatic N) is 1. The van der Waals surface area contributed by atoms with Crippen molar-refractivity contribution in [3.8, 4) is 0 Å². The van der Waals surface area contributed by atoms with Gasteiger partial charge in [0, 0.05) is 0 Å². The molecule has 3 N–H and O–H groups in total. The molecule has 1 fully saturated rings. The van der Waals surface area contributed by atoms with Crippen molar-refractivity contribution in [2.45, 2.75) is 45.8 Å². The van der Waals surface area contributed by atoms with Crippen LogP contribution >= 0.6 is 0 Å². The van der Waals surface area contributed by atoms with Crippen LogP contribution in [0.15, 0.2) is 0 Å². The van der Waals surface area contributed by atoms with Crippen LogP contribution in [-0.2, 0) is 4.79 Å². The first kappa shape index (κ1) is 13.5. The Morgan fingerprint density at radius 3 is 2.25 bits per heavy atom. The molecule has 1 amide bonds. The molecule has 0 unspecified atom stereocenters. The van der Waals surface area contributed by atoms with Gasteiger partial charge in [0.25, 0.3) is 0 Å². The van der Waals surface area contributed by atoms with Gasteiger partial charge >= 0.3 is 0 Å².